The monoisotopic (exact) mass is 253 g/mol. The van der Waals surface area contributed by atoms with E-state index in [2.05, 4.69) is 20.7 Å². The van der Waals surface area contributed by atoms with E-state index in [9.17, 15) is 4.79 Å². The molecule has 1 aromatic heterocycles. The molecule has 1 rings (SSSR count). The van der Waals surface area contributed by atoms with Crippen LogP contribution < -0.4 is 11.1 Å². The van der Waals surface area contributed by atoms with Crippen molar-refractivity contribution in [1.29, 1.82) is 0 Å². The minimum atomic E-state index is -0.591. The number of amidine groups is 1. The first-order chi connectivity index (χ1) is 8.60. The maximum absolute atomic E-state index is 11.9. The lowest BCUT2D eigenvalue weighted by molar-refractivity contribution is -0.123. The maximum atomic E-state index is 11.9. The van der Waals surface area contributed by atoms with Crippen molar-refractivity contribution in [2.75, 3.05) is 0 Å². The fourth-order valence-electron chi connectivity index (χ4n) is 1.63. The van der Waals surface area contributed by atoms with Gasteiger partial charge in [-0.15, -0.1) is 0 Å². The third kappa shape index (κ3) is 3.47. The smallest absolute Gasteiger partial charge is 0.231 e. The van der Waals surface area contributed by atoms with Gasteiger partial charge in [-0.2, -0.15) is 5.10 Å². The van der Waals surface area contributed by atoms with E-state index >= 15 is 0 Å². The molecular weight excluding hydrogens is 234 g/mol. The molecule has 1 amide bonds. The second kappa shape index (κ2) is 6.63. The van der Waals surface area contributed by atoms with Crippen LogP contribution in [0.2, 0.25) is 0 Å². The zero-order valence-corrected chi connectivity index (χ0v) is 10.6. The molecule has 0 saturated carbocycles. The van der Waals surface area contributed by atoms with Gasteiger partial charge in [-0.25, -0.2) is 0 Å². The minimum absolute atomic E-state index is 0.0572. The summed E-state index contributed by atoms with van der Waals surface area (Å²) >= 11 is 0. The number of carbonyl (C=O) groups excluding carboxylic acids is 1. The van der Waals surface area contributed by atoms with Gasteiger partial charge in [0.05, 0.1) is 12.1 Å². The van der Waals surface area contributed by atoms with E-state index in [4.69, 9.17) is 10.9 Å². The lowest BCUT2D eigenvalue weighted by Crippen LogP contribution is -2.38. The summed E-state index contributed by atoms with van der Waals surface area (Å²) in [5.74, 6) is -0.891. The first kappa shape index (κ1) is 14.0. The number of aryl methyl sites for hydroxylation is 1. The summed E-state index contributed by atoms with van der Waals surface area (Å²) in [5, 5.41) is 21.0. The summed E-state index contributed by atoms with van der Waals surface area (Å²) in [7, 11) is 0. The number of oxime groups is 1. The van der Waals surface area contributed by atoms with Crippen LogP contribution in [-0.2, 0) is 11.3 Å². The van der Waals surface area contributed by atoms with E-state index in [1.54, 1.807) is 6.20 Å². The normalized spacial score (nSPS) is 13.3. The van der Waals surface area contributed by atoms with Gasteiger partial charge >= 0.3 is 0 Å². The molecule has 1 unspecified atom stereocenters. The molecule has 0 aliphatic carbocycles. The van der Waals surface area contributed by atoms with Crippen LogP contribution in [0.25, 0.3) is 0 Å². The lowest BCUT2D eigenvalue weighted by atomic mass is 10.0. The number of nitrogens with one attached hydrogen (secondary N) is 2. The molecule has 1 aromatic rings. The molecule has 1 heterocycles. The van der Waals surface area contributed by atoms with Gasteiger partial charge in [0.25, 0.3) is 0 Å². The van der Waals surface area contributed by atoms with Gasteiger partial charge in [-0.3, -0.25) is 9.89 Å². The average Bonchev–Trinajstić information content (AvgIpc) is 2.77. The summed E-state index contributed by atoms with van der Waals surface area (Å²) in [6, 6.07) is 0. The number of aromatic amines is 1. The van der Waals surface area contributed by atoms with Crippen LogP contribution in [0.5, 0.6) is 0 Å². The topological polar surface area (TPSA) is 116 Å². The van der Waals surface area contributed by atoms with Gasteiger partial charge < -0.3 is 16.3 Å². The van der Waals surface area contributed by atoms with E-state index in [1.165, 1.54) is 0 Å². The second-order valence-electron chi connectivity index (χ2n) is 4.10. The molecule has 7 nitrogen and oxygen atoms in total. The Morgan fingerprint density at radius 1 is 1.72 bits per heavy atom. The zero-order valence-electron chi connectivity index (χ0n) is 10.6. The van der Waals surface area contributed by atoms with Gasteiger partial charge in [-0.05, 0) is 13.3 Å². The molecule has 0 saturated heterocycles. The van der Waals surface area contributed by atoms with Crippen LogP contribution in [-0.4, -0.2) is 27.1 Å². The number of amides is 1. The van der Waals surface area contributed by atoms with Gasteiger partial charge in [0.15, 0.2) is 5.84 Å². The third-order valence-electron chi connectivity index (χ3n) is 2.75. The van der Waals surface area contributed by atoms with Gasteiger partial charge in [0.1, 0.15) is 0 Å². The minimum Gasteiger partial charge on any atom is -0.409 e. The summed E-state index contributed by atoms with van der Waals surface area (Å²) in [6.07, 6.45) is 2.99. The Labute approximate surface area is 105 Å². The van der Waals surface area contributed by atoms with Crippen molar-refractivity contribution in [3.05, 3.63) is 17.5 Å². The van der Waals surface area contributed by atoms with Gasteiger partial charge in [-0.1, -0.05) is 18.5 Å². The summed E-state index contributed by atoms with van der Waals surface area (Å²) in [4.78, 5) is 11.9. The first-order valence-electron chi connectivity index (χ1n) is 5.84. The third-order valence-corrected chi connectivity index (χ3v) is 2.75. The van der Waals surface area contributed by atoms with Crippen LogP contribution in [0, 0.1) is 12.8 Å². The molecule has 0 aromatic carbocycles. The molecule has 0 spiro atoms. The van der Waals surface area contributed by atoms with Crippen LogP contribution in [0.3, 0.4) is 0 Å². The first-order valence-corrected chi connectivity index (χ1v) is 5.84. The Morgan fingerprint density at radius 2 is 2.44 bits per heavy atom. The molecule has 0 radical (unpaired) electrons. The molecule has 18 heavy (non-hydrogen) atoms. The fourth-order valence-corrected chi connectivity index (χ4v) is 1.63. The van der Waals surface area contributed by atoms with Crippen LogP contribution in [0.15, 0.2) is 11.4 Å². The van der Waals surface area contributed by atoms with Crippen molar-refractivity contribution in [2.24, 2.45) is 16.8 Å². The van der Waals surface area contributed by atoms with Crippen molar-refractivity contribution in [2.45, 2.75) is 33.2 Å². The number of hydrogen-bond donors (Lipinski definition) is 4. The number of aromatic nitrogens is 2. The molecule has 0 fully saturated rings. The molecule has 1 atom stereocenters. The number of H-pyrrole nitrogens is 1. The van der Waals surface area contributed by atoms with E-state index in [-0.39, 0.29) is 11.7 Å². The van der Waals surface area contributed by atoms with Crippen molar-refractivity contribution in [1.82, 2.24) is 15.5 Å². The molecule has 0 bridgehead atoms. The number of nitrogens with zero attached hydrogens (tertiary/aromatic N) is 2. The quantitative estimate of drug-likeness (QED) is 0.255. The largest absolute Gasteiger partial charge is 0.409 e. The maximum Gasteiger partial charge on any atom is 0.231 e. The SMILES string of the molecule is CCCC(C(=O)NCc1cn[nH]c1C)/C(N)=N/O. The van der Waals surface area contributed by atoms with Gasteiger partial charge in [0.2, 0.25) is 5.91 Å². The number of rotatable bonds is 6. The van der Waals surface area contributed by atoms with Crippen LogP contribution in [0.4, 0.5) is 0 Å². The van der Waals surface area contributed by atoms with Crippen molar-refractivity contribution in [3.63, 3.8) is 0 Å². The lowest BCUT2D eigenvalue weighted by Gasteiger charge is -2.14. The Morgan fingerprint density at radius 3 is 2.94 bits per heavy atom. The highest BCUT2D eigenvalue weighted by Gasteiger charge is 2.22. The van der Waals surface area contributed by atoms with Crippen LogP contribution >= 0.6 is 0 Å². The number of nitrogens with two attached hydrogens (primary N) is 1. The summed E-state index contributed by atoms with van der Waals surface area (Å²) < 4.78 is 0. The molecular formula is C11H19N5O2. The molecule has 7 heteroatoms. The predicted molar refractivity (Wildman–Crippen MR) is 67.0 cm³/mol. The van der Waals surface area contributed by atoms with Crippen molar-refractivity contribution >= 4 is 11.7 Å². The average molecular weight is 253 g/mol. The predicted octanol–water partition coefficient (Wildman–Crippen LogP) is 0.497. The number of hydrogen-bond acceptors (Lipinski definition) is 4. The zero-order chi connectivity index (χ0) is 13.5. The van der Waals surface area contributed by atoms with E-state index in [0.29, 0.717) is 13.0 Å². The molecule has 0 aliphatic heterocycles. The second-order valence-corrected chi connectivity index (χ2v) is 4.10. The Kier molecular flexibility index (Phi) is 5.16. The standard InChI is InChI=1S/C11H19N5O2/c1-3-4-9(10(12)16-18)11(17)13-5-8-6-14-15-7(8)2/h6,9,18H,3-5H2,1-2H3,(H2,12,16)(H,13,17)(H,14,15). The van der Waals surface area contributed by atoms with Gasteiger partial charge in [0, 0.05) is 17.8 Å². The molecule has 0 aliphatic rings. The highest BCUT2D eigenvalue weighted by atomic mass is 16.4. The number of carbonyl (C=O) groups is 1. The van der Waals surface area contributed by atoms with Crippen molar-refractivity contribution < 1.29 is 10.0 Å². The van der Waals surface area contributed by atoms with E-state index in [1.807, 2.05) is 13.8 Å². The Hall–Kier alpha value is -2.05. The summed E-state index contributed by atoms with van der Waals surface area (Å²) in [5.41, 5.74) is 7.33. The Bertz CT molecular complexity index is 427. The highest BCUT2D eigenvalue weighted by Crippen LogP contribution is 2.08. The fraction of sp³-hybridized carbons (Fsp3) is 0.545. The van der Waals surface area contributed by atoms with E-state index < -0.39 is 5.92 Å². The van der Waals surface area contributed by atoms with E-state index in [0.717, 1.165) is 17.7 Å². The van der Waals surface area contributed by atoms with Crippen molar-refractivity contribution in [3.8, 4) is 0 Å². The Balaban J connectivity index is 2.60. The molecule has 5 N–H and O–H groups in total. The summed E-state index contributed by atoms with van der Waals surface area (Å²) in [6.45, 7) is 4.19. The highest BCUT2D eigenvalue weighted by molar-refractivity contribution is 6.01. The van der Waals surface area contributed by atoms with Crippen LogP contribution in [0.1, 0.15) is 31.0 Å². The molecule has 100 valence electrons.